The SMILES string of the molecule is CCC(C)(C)Sc1ncnc2nc[nH]c12. The molecule has 0 aliphatic carbocycles. The molecule has 0 amide bonds. The molecule has 5 heteroatoms. The van der Waals surface area contributed by atoms with Crippen molar-refractivity contribution in [3.63, 3.8) is 0 Å². The Morgan fingerprint density at radius 3 is 2.87 bits per heavy atom. The van der Waals surface area contributed by atoms with Crippen molar-refractivity contribution < 1.29 is 0 Å². The van der Waals surface area contributed by atoms with Gasteiger partial charge >= 0.3 is 0 Å². The van der Waals surface area contributed by atoms with Crippen LogP contribution in [-0.4, -0.2) is 24.7 Å². The van der Waals surface area contributed by atoms with Crippen LogP contribution >= 0.6 is 11.8 Å². The zero-order chi connectivity index (χ0) is 10.9. The second-order valence-electron chi connectivity index (χ2n) is 4.00. The first kappa shape index (κ1) is 10.4. The molecule has 2 aromatic heterocycles. The van der Waals surface area contributed by atoms with E-state index in [1.54, 1.807) is 24.4 Å². The Hall–Kier alpha value is -1.10. The van der Waals surface area contributed by atoms with E-state index in [1.807, 2.05) is 0 Å². The molecule has 0 saturated heterocycles. The molecule has 0 radical (unpaired) electrons. The fourth-order valence-electron chi connectivity index (χ4n) is 1.15. The molecule has 80 valence electrons. The standard InChI is InChI=1S/C10H14N4S/c1-4-10(2,3)15-9-7-8(12-5-11-7)13-6-14-9/h5-6H,4H2,1-3H3,(H,11,12,13,14). The monoisotopic (exact) mass is 222 g/mol. The first-order chi connectivity index (χ1) is 7.12. The third-order valence-corrected chi connectivity index (χ3v) is 3.76. The van der Waals surface area contributed by atoms with Crippen LogP contribution in [0.25, 0.3) is 11.2 Å². The number of aromatic nitrogens is 4. The predicted octanol–water partition coefficient (Wildman–Crippen LogP) is 2.63. The summed E-state index contributed by atoms with van der Waals surface area (Å²) in [5.41, 5.74) is 1.67. The summed E-state index contributed by atoms with van der Waals surface area (Å²) in [5.74, 6) is 0. The highest BCUT2D eigenvalue weighted by atomic mass is 32.2. The Labute approximate surface area is 92.9 Å². The minimum Gasteiger partial charge on any atom is -0.341 e. The first-order valence-electron chi connectivity index (χ1n) is 4.95. The van der Waals surface area contributed by atoms with Crippen LogP contribution in [0.2, 0.25) is 0 Å². The van der Waals surface area contributed by atoms with Crippen molar-refractivity contribution in [1.29, 1.82) is 0 Å². The minimum absolute atomic E-state index is 0.187. The Balaban J connectivity index is 2.39. The van der Waals surface area contributed by atoms with E-state index in [4.69, 9.17) is 0 Å². The molecule has 0 aromatic carbocycles. The molecule has 0 aliphatic heterocycles. The van der Waals surface area contributed by atoms with Gasteiger partial charge in [-0.1, -0.05) is 32.5 Å². The fraction of sp³-hybridized carbons (Fsp3) is 0.500. The molecule has 2 heterocycles. The number of H-pyrrole nitrogens is 1. The summed E-state index contributed by atoms with van der Waals surface area (Å²) in [7, 11) is 0. The highest BCUT2D eigenvalue weighted by Crippen LogP contribution is 2.35. The van der Waals surface area contributed by atoms with E-state index in [0.29, 0.717) is 0 Å². The Bertz CT molecular complexity index is 463. The van der Waals surface area contributed by atoms with Crippen molar-refractivity contribution in [2.75, 3.05) is 0 Å². The summed E-state index contributed by atoms with van der Waals surface area (Å²) in [6.45, 7) is 6.60. The van der Waals surface area contributed by atoms with Gasteiger partial charge in [-0.15, -0.1) is 0 Å². The lowest BCUT2D eigenvalue weighted by Crippen LogP contribution is -2.12. The van der Waals surface area contributed by atoms with Gasteiger partial charge in [-0.05, 0) is 6.42 Å². The Kier molecular flexibility index (Phi) is 2.65. The van der Waals surface area contributed by atoms with Gasteiger partial charge in [-0.25, -0.2) is 15.0 Å². The van der Waals surface area contributed by atoms with Gasteiger partial charge in [0.25, 0.3) is 0 Å². The van der Waals surface area contributed by atoms with E-state index < -0.39 is 0 Å². The number of thioether (sulfide) groups is 1. The highest BCUT2D eigenvalue weighted by Gasteiger charge is 2.19. The van der Waals surface area contributed by atoms with Crippen LogP contribution in [0.1, 0.15) is 27.2 Å². The smallest absolute Gasteiger partial charge is 0.181 e. The van der Waals surface area contributed by atoms with Crippen LogP contribution in [-0.2, 0) is 0 Å². The number of hydrogen-bond acceptors (Lipinski definition) is 4. The third kappa shape index (κ3) is 2.12. The number of hydrogen-bond donors (Lipinski definition) is 1. The first-order valence-corrected chi connectivity index (χ1v) is 5.77. The van der Waals surface area contributed by atoms with Crippen LogP contribution in [0.3, 0.4) is 0 Å². The molecule has 15 heavy (non-hydrogen) atoms. The zero-order valence-corrected chi connectivity index (χ0v) is 9.93. The molecule has 2 aromatic rings. The Morgan fingerprint density at radius 2 is 2.13 bits per heavy atom. The number of nitrogens with zero attached hydrogens (tertiary/aromatic N) is 3. The summed E-state index contributed by atoms with van der Waals surface area (Å²) in [4.78, 5) is 15.6. The van der Waals surface area contributed by atoms with E-state index in [-0.39, 0.29) is 4.75 Å². The maximum absolute atomic E-state index is 4.29. The second-order valence-corrected chi connectivity index (χ2v) is 5.69. The average molecular weight is 222 g/mol. The van der Waals surface area contributed by atoms with E-state index in [1.165, 1.54) is 0 Å². The van der Waals surface area contributed by atoms with Crippen LogP contribution in [0.15, 0.2) is 17.7 Å². The quantitative estimate of drug-likeness (QED) is 0.640. The van der Waals surface area contributed by atoms with Gasteiger partial charge < -0.3 is 4.98 Å². The van der Waals surface area contributed by atoms with E-state index in [9.17, 15) is 0 Å². The molecule has 2 rings (SSSR count). The van der Waals surface area contributed by atoms with Gasteiger partial charge in [0.1, 0.15) is 16.9 Å². The molecule has 0 unspecified atom stereocenters. The van der Waals surface area contributed by atoms with Crippen LogP contribution in [0.5, 0.6) is 0 Å². The summed E-state index contributed by atoms with van der Waals surface area (Å²) in [6.07, 6.45) is 4.32. The molecule has 0 spiro atoms. The fourth-order valence-corrected chi connectivity index (χ4v) is 2.17. The van der Waals surface area contributed by atoms with Gasteiger partial charge in [0, 0.05) is 4.75 Å². The van der Waals surface area contributed by atoms with Gasteiger partial charge in [-0.2, -0.15) is 0 Å². The van der Waals surface area contributed by atoms with Crippen LogP contribution < -0.4 is 0 Å². The van der Waals surface area contributed by atoms with Crippen LogP contribution in [0, 0.1) is 0 Å². The van der Waals surface area contributed by atoms with Crippen molar-refractivity contribution in [1.82, 2.24) is 19.9 Å². The van der Waals surface area contributed by atoms with Crippen molar-refractivity contribution in [2.24, 2.45) is 0 Å². The number of aromatic amines is 1. The second kappa shape index (κ2) is 3.81. The molecule has 0 fully saturated rings. The van der Waals surface area contributed by atoms with Crippen LogP contribution in [0.4, 0.5) is 0 Å². The molecule has 0 saturated carbocycles. The lowest BCUT2D eigenvalue weighted by molar-refractivity contribution is 0.683. The molecule has 0 bridgehead atoms. The molecule has 0 atom stereocenters. The topological polar surface area (TPSA) is 54.5 Å². The molecular formula is C10H14N4S. The average Bonchev–Trinajstić information content (AvgIpc) is 2.66. The zero-order valence-electron chi connectivity index (χ0n) is 9.11. The number of imidazole rings is 1. The van der Waals surface area contributed by atoms with Gasteiger partial charge in [-0.3, -0.25) is 0 Å². The summed E-state index contributed by atoms with van der Waals surface area (Å²) < 4.78 is 0.187. The van der Waals surface area contributed by atoms with E-state index >= 15 is 0 Å². The van der Waals surface area contributed by atoms with Gasteiger partial charge in [0.05, 0.1) is 6.33 Å². The van der Waals surface area contributed by atoms with Crippen molar-refractivity contribution in [3.8, 4) is 0 Å². The normalized spacial score (nSPS) is 12.2. The predicted molar refractivity (Wildman–Crippen MR) is 61.9 cm³/mol. The van der Waals surface area contributed by atoms with Crippen molar-refractivity contribution in [3.05, 3.63) is 12.7 Å². The van der Waals surface area contributed by atoms with E-state index in [0.717, 1.165) is 22.6 Å². The maximum atomic E-state index is 4.29. The third-order valence-electron chi connectivity index (χ3n) is 2.41. The lowest BCUT2D eigenvalue weighted by atomic mass is 10.1. The molecule has 4 nitrogen and oxygen atoms in total. The van der Waals surface area contributed by atoms with Crippen molar-refractivity contribution in [2.45, 2.75) is 37.0 Å². The summed E-state index contributed by atoms with van der Waals surface area (Å²) >= 11 is 1.76. The number of fused-ring (bicyclic) bond motifs is 1. The summed E-state index contributed by atoms with van der Waals surface area (Å²) in [5, 5.41) is 0.976. The maximum Gasteiger partial charge on any atom is 0.181 e. The largest absolute Gasteiger partial charge is 0.341 e. The highest BCUT2D eigenvalue weighted by molar-refractivity contribution is 8.00. The Morgan fingerprint density at radius 1 is 1.33 bits per heavy atom. The van der Waals surface area contributed by atoms with E-state index in [2.05, 4.69) is 40.7 Å². The number of nitrogens with one attached hydrogen (secondary N) is 1. The van der Waals surface area contributed by atoms with Gasteiger partial charge in [0.15, 0.2) is 5.65 Å². The van der Waals surface area contributed by atoms with Crippen molar-refractivity contribution >= 4 is 22.9 Å². The van der Waals surface area contributed by atoms with Gasteiger partial charge in [0.2, 0.25) is 0 Å². The molecule has 0 aliphatic rings. The summed E-state index contributed by atoms with van der Waals surface area (Å²) in [6, 6.07) is 0. The molecule has 1 N–H and O–H groups in total. The lowest BCUT2D eigenvalue weighted by Gasteiger charge is -2.20. The minimum atomic E-state index is 0.187. The number of rotatable bonds is 3. The molecular weight excluding hydrogens is 208 g/mol.